The van der Waals surface area contributed by atoms with Gasteiger partial charge >= 0.3 is 12.1 Å². The molecule has 0 aliphatic carbocycles. The molecule has 0 aromatic carbocycles. The van der Waals surface area contributed by atoms with Crippen LogP contribution >= 0.6 is 31.9 Å². The summed E-state index contributed by atoms with van der Waals surface area (Å²) in [6.45, 7) is 19.4. The Morgan fingerprint density at radius 3 is 1.44 bits per heavy atom. The molecule has 0 bridgehead atoms. The van der Waals surface area contributed by atoms with Crippen molar-refractivity contribution in [1.29, 1.82) is 0 Å². The Hall–Kier alpha value is -2.22. The van der Waals surface area contributed by atoms with Crippen molar-refractivity contribution in [3.63, 3.8) is 0 Å². The third-order valence-electron chi connectivity index (χ3n) is 7.59. The van der Waals surface area contributed by atoms with Gasteiger partial charge in [-0.25, -0.2) is 0 Å². The molecule has 0 atom stereocenters. The van der Waals surface area contributed by atoms with Gasteiger partial charge in [-0.1, -0.05) is 42.2 Å². The molecule has 0 aliphatic rings. The standard InChI is InChI=1S/C18H29F3N2O4.C14H22BrNO4.C4H7BrO2/c1-16(2,22-8-6-7-18(19,20)21)15(24)12-13-11-14(23-27-13)17(3,4)26-10-9-25-5;1-13(2,15)12(17)9-10-8-11(16-20-10)14(3,4)19-7-6-18-5;1-4(2,5)3(6)7/h11,22H,6-10,12H2,1-5H3;8H,6-7,9H2,1-5H3;1-2H3,(H,6,7). The highest BCUT2D eigenvalue weighted by molar-refractivity contribution is 9.10. The van der Waals surface area contributed by atoms with E-state index in [9.17, 15) is 27.6 Å². The van der Waals surface area contributed by atoms with Crippen molar-refractivity contribution >= 4 is 49.4 Å². The van der Waals surface area contributed by atoms with Gasteiger partial charge in [0.25, 0.3) is 0 Å². The van der Waals surface area contributed by atoms with E-state index in [1.807, 2.05) is 41.5 Å². The highest BCUT2D eigenvalue weighted by Crippen LogP contribution is 2.27. The second kappa shape index (κ2) is 22.5. The van der Waals surface area contributed by atoms with Crippen LogP contribution in [0.3, 0.4) is 0 Å². The zero-order chi connectivity index (χ0) is 42.2. The number of Topliss-reactive ketones (excluding diaryl/α,β-unsaturated/α-hetero) is 2. The van der Waals surface area contributed by atoms with E-state index in [-0.39, 0.29) is 37.4 Å². The molecule has 2 aromatic rings. The predicted octanol–water partition coefficient (Wildman–Crippen LogP) is 7.50. The number of carbonyl (C=O) groups is 3. The molecule has 312 valence electrons. The maximum Gasteiger partial charge on any atom is 0.389 e. The number of nitrogens with one attached hydrogen (secondary N) is 1. The van der Waals surface area contributed by atoms with Gasteiger partial charge in [0.1, 0.15) is 38.4 Å². The molecular weight excluding hydrogens is 851 g/mol. The number of rotatable bonds is 21. The number of ketones is 2. The molecule has 0 spiro atoms. The molecule has 2 aromatic heterocycles. The number of hydrogen-bond donors (Lipinski definition) is 2. The summed E-state index contributed by atoms with van der Waals surface area (Å²) in [5.41, 5.74) is -1.02. The average molecular weight is 910 g/mol. The van der Waals surface area contributed by atoms with Crippen molar-refractivity contribution in [3.8, 4) is 0 Å². The number of aliphatic carboxylic acids is 1. The number of aromatic nitrogens is 2. The monoisotopic (exact) mass is 907 g/mol. The minimum atomic E-state index is -4.19. The Labute approximate surface area is 333 Å². The molecule has 0 aliphatic heterocycles. The van der Waals surface area contributed by atoms with E-state index < -0.39 is 44.0 Å². The van der Waals surface area contributed by atoms with Crippen molar-refractivity contribution in [3.05, 3.63) is 35.0 Å². The number of methoxy groups -OCH3 is 2. The van der Waals surface area contributed by atoms with E-state index in [0.29, 0.717) is 49.3 Å². The van der Waals surface area contributed by atoms with Crippen LogP contribution in [-0.4, -0.2) is 101 Å². The zero-order valence-corrected chi connectivity index (χ0v) is 36.6. The Morgan fingerprint density at radius 1 is 0.722 bits per heavy atom. The van der Waals surface area contributed by atoms with Crippen LogP contribution in [0.5, 0.6) is 0 Å². The van der Waals surface area contributed by atoms with Gasteiger partial charge in [0.05, 0.1) is 49.1 Å². The average Bonchev–Trinajstić information content (AvgIpc) is 3.70. The number of nitrogens with zero attached hydrogens (tertiary/aromatic N) is 2. The second-order valence-electron chi connectivity index (χ2n) is 14.8. The summed E-state index contributed by atoms with van der Waals surface area (Å²) in [5.74, 6) is -0.0781. The number of carboxylic acids is 1. The van der Waals surface area contributed by atoms with Gasteiger partial charge in [-0.05, 0) is 82.2 Å². The number of hydrogen-bond acceptors (Lipinski definition) is 12. The van der Waals surface area contributed by atoms with Gasteiger partial charge in [0.15, 0.2) is 11.6 Å². The molecule has 0 radical (unpaired) electrons. The molecule has 2 heterocycles. The lowest BCUT2D eigenvalue weighted by atomic mass is 9.95. The van der Waals surface area contributed by atoms with Crippen LogP contribution < -0.4 is 5.32 Å². The third-order valence-corrected chi connectivity index (χ3v) is 8.38. The minimum absolute atomic E-state index is 0.0135. The third kappa shape index (κ3) is 21.2. The smallest absolute Gasteiger partial charge is 0.389 e. The highest BCUT2D eigenvalue weighted by Gasteiger charge is 2.32. The van der Waals surface area contributed by atoms with Gasteiger partial charge in [-0.15, -0.1) is 0 Å². The Balaban J connectivity index is 0.000000909. The lowest BCUT2D eigenvalue weighted by Crippen LogP contribution is -2.48. The normalized spacial score (nSPS) is 12.8. The van der Waals surface area contributed by atoms with E-state index >= 15 is 0 Å². The van der Waals surface area contributed by atoms with Crippen molar-refractivity contribution in [2.75, 3.05) is 47.2 Å². The van der Waals surface area contributed by atoms with Crippen LogP contribution in [0.25, 0.3) is 0 Å². The molecule has 0 unspecified atom stereocenters. The molecular formula is C36H58Br2F3N3O10. The van der Waals surface area contributed by atoms with E-state index in [1.165, 1.54) is 0 Å². The van der Waals surface area contributed by atoms with E-state index in [4.69, 9.17) is 33.1 Å². The topological polar surface area (TPSA) is 172 Å². The molecule has 0 fully saturated rings. The Bertz CT molecular complexity index is 1430. The largest absolute Gasteiger partial charge is 0.480 e. The molecule has 0 saturated carbocycles. The van der Waals surface area contributed by atoms with Gasteiger partial charge in [0.2, 0.25) is 0 Å². The van der Waals surface area contributed by atoms with Gasteiger partial charge in [-0.2, -0.15) is 13.2 Å². The first kappa shape index (κ1) is 51.8. The van der Waals surface area contributed by atoms with Crippen molar-refractivity contribution < 1.29 is 60.7 Å². The summed E-state index contributed by atoms with van der Waals surface area (Å²) in [7, 11) is 3.20. The van der Waals surface area contributed by atoms with Gasteiger partial charge < -0.3 is 38.4 Å². The summed E-state index contributed by atoms with van der Waals surface area (Å²) in [4.78, 5) is 34.4. The Morgan fingerprint density at radius 2 is 1.11 bits per heavy atom. The van der Waals surface area contributed by atoms with E-state index in [1.54, 1.807) is 54.0 Å². The summed E-state index contributed by atoms with van der Waals surface area (Å²) in [6.07, 6.45) is -4.96. The number of ether oxygens (including phenoxy) is 4. The molecule has 54 heavy (non-hydrogen) atoms. The maximum absolute atomic E-state index is 12.5. The summed E-state index contributed by atoms with van der Waals surface area (Å²) >= 11 is 6.28. The fourth-order valence-electron chi connectivity index (χ4n) is 3.80. The Kier molecular flexibility index (Phi) is 21.6. The second-order valence-corrected chi connectivity index (χ2v) is 18.7. The first-order valence-electron chi connectivity index (χ1n) is 17.2. The van der Waals surface area contributed by atoms with E-state index in [2.05, 4.69) is 47.5 Å². The fraction of sp³-hybridized carbons (Fsp3) is 0.750. The molecule has 18 heteroatoms. The molecule has 2 N–H and O–H groups in total. The van der Waals surface area contributed by atoms with Gasteiger partial charge in [0, 0.05) is 32.8 Å². The molecule has 0 amide bonds. The lowest BCUT2D eigenvalue weighted by Gasteiger charge is -2.24. The summed E-state index contributed by atoms with van der Waals surface area (Å²) in [6, 6.07) is 3.42. The number of carboxylic acid groups (broad SMARTS) is 1. The van der Waals surface area contributed by atoms with Crippen LogP contribution in [0.2, 0.25) is 0 Å². The first-order valence-corrected chi connectivity index (χ1v) is 18.7. The number of alkyl halides is 5. The number of carbonyl (C=O) groups excluding carboxylic acids is 2. The van der Waals surface area contributed by atoms with Crippen LogP contribution in [-0.2, 0) is 57.4 Å². The summed E-state index contributed by atoms with van der Waals surface area (Å²) < 4.78 is 67.0. The maximum atomic E-state index is 12.5. The number of halogens is 5. The SMILES string of the molecule is CC(C)(Br)C(=O)O.COCCOC(C)(C)c1cc(CC(=O)C(C)(C)Br)on1.COCCOC(C)(C)c1cc(CC(=O)C(C)(C)NCCCC(F)(F)F)on1. The summed E-state index contributed by atoms with van der Waals surface area (Å²) in [5, 5.41) is 19.0. The van der Waals surface area contributed by atoms with Crippen molar-refractivity contribution in [1.82, 2.24) is 15.6 Å². The molecule has 0 saturated heterocycles. The van der Waals surface area contributed by atoms with Crippen LogP contribution in [0.4, 0.5) is 13.2 Å². The molecule has 13 nitrogen and oxygen atoms in total. The van der Waals surface area contributed by atoms with E-state index in [0.717, 1.165) is 0 Å². The van der Waals surface area contributed by atoms with Crippen molar-refractivity contribution in [2.45, 2.75) is 126 Å². The molecule has 2 rings (SSSR count). The van der Waals surface area contributed by atoms with Crippen LogP contribution in [0, 0.1) is 0 Å². The minimum Gasteiger partial charge on any atom is -0.480 e. The van der Waals surface area contributed by atoms with Crippen molar-refractivity contribution in [2.24, 2.45) is 0 Å². The van der Waals surface area contributed by atoms with Crippen LogP contribution in [0.1, 0.15) is 105 Å². The predicted molar refractivity (Wildman–Crippen MR) is 203 cm³/mol. The van der Waals surface area contributed by atoms with Crippen LogP contribution in [0.15, 0.2) is 21.2 Å². The lowest BCUT2D eigenvalue weighted by molar-refractivity contribution is -0.139. The first-order chi connectivity index (χ1) is 24.5. The van der Waals surface area contributed by atoms with Gasteiger partial charge in [-0.3, -0.25) is 14.4 Å². The zero-order valence-electron chi connectivity index (χ0n) is 33.4. The fourth-order valence-corrected chi connectivity index (χ4v) is 3.94. The highest BCUT2D eigenvalue weighted by atomic mass is 79.9. The quantitative estimate of drug-likeness (QED) is 0.0933.